The van der Waals surface area contributed by atoms with Gasteiger partial charge in [-0.05, 0) is 18.2 Å². The summed E-state index contributed by atoms with van der Waals surface area (Å²) in [6.07, 6.45) is 3.11. The Bertz CT molecular complexity index is 1040. The SMILES string of the molecule is CN(C)S(=O)(=O)c1ccc(N2CCOCC2)c(C(=O)Nc2cnc(C(C)(C)C)nc2)c1. The van der Waals surface area contributed by atoms with Crippen molar-refractivity contribution in [2.45, 2.75) is 31.1 Å². The standard InChI is InChI=1S/C21H29N5O4S/c1-21(2,3)20-22-13-15(14-23-20)24-19(27)17-12-16(31(28,29)25(4)5)6-7-18(17)26-8-10-30-11-9-26/h6-7,12-14H,8-11H2,1-5H3,(H,24,27). The van der Waals surface area contributed by atoms with Crippen molar-refractivity contribution in [3.05, 3.63) is 42.0 Å². The van der Waals surface area contributed by atoms with Crippen molar-refractivity contribution in [3.8, 4) is 0 Å². The molecule has 3 rings (SSSR count). The van der Waals surface area contributed by atoms with E-state index in [2.05, 4.69) is 15.3 Å². The Morgan fingerprint density at radius 3 is 2.29 bits per heavy atom. The molecule has 0 unspecified atom stereocenters. The van der Waals surface area contributed by atoms with E-state index >= 15 is 0 Å². The molecular formula is C21H29N5O4S. The molecule has 0 spiro atoms. The van der Waals surface area contributed by atoms with Crippen LogP contribution in [0.1, 0.15) is 37.0 Å². The van der Waals surface area contributed by atoms with Gasteiger partial charge in [0.15, 0.2) is 0 Å². The molecule has 1 N–H and O–H groups in total. The molecule has 9 nitrogen and oxygen atoms in total. The second-order valence-corrected chi connectivity index (χ2v) is 10.7. The molecule has 1 aromatic heterocycles. The maximum Gasteiger partial charge on any atom is 0.257 e. The minimum atomic E-state index is -3.69. The van der Waals surface area contributed by atoms with Gasteiger partial charge in [0.1, 0.15) is 5.82 Å². The number of hydrogen-bond donors (Lipinski definition) is 1. The molecule has 1 aliphatic rings. The third kappa shape index (κ3) is 5.20. The molecule has 0 bridgehead atoms. The summed E-state index contributed by atoms with van der Waals surface area (Å²) in [7, 11) is -0.775. The van der Waals surface area contributed by atoms with E-state index in [-0.39, 0.29) is 15.9 Å². The number of carbonyl (C=O) groups excluding carboxylic acids is 1. The van der Waals surface area contributed by atoms with E-state index in [1.54, 1.807) is 18.5 Å². The van der Waals surface area contributed by atoms with E-state index in [4.69, 9.17) is 4.74 Å². The van der Waals surface area contributed by atoms with Crippen LogP contribution in [0.5, 0.6) is 0 Å². The zero-order valence-corrected chi connectivity index (χ0v) is 19.4. The van der Waals surface area contributed by atoms with Crippen molar-refractivity contribution in [2.24, 2.45) is 0 Å². The highest BCUT2D eigenvalue weighted by atomic mass is 32.2. The number of aromatic nitrogens is 2. The van der Waals surface area contributed by atoms with Crippen molar-refractivity contribution in [1.82, 2.24) is 14.3 Å². The fourth-order valence-corrected chi connectivity index (χ4v) is 4.06. The summed E-state index contributed by atoms with van der Waals surface area (Å²) in [6.45, 7) is 8.33. The largest absolute Gasteiger partial charge is 0.378 e. The molecule has 0 radical (unpaired) electrons. The molecule has 0 atom stereocenters. The molecule has 1 aromatic carbocycles. The summed E-state index contributed by atoms with van der Waals surface area (Å²) in [4.78, 5) is 23.9. The Balaban J connectivity index is 1.96. The lowest BCUT2D eigenvalue weighted by atomic mass is 9.96. The Hall–Kier alpha value is -2.56. The second kappa shape index (κ2) is 8.89. The number of amides is 1. The Morgan fingerprint density at radius 1 is 1.13 bits per heavy atom. The first-order valence-electron chi connectivity index (χ1n) is 10.0. The fourth-order valence-electron chi connectivity index (χ4n) is 3.13. The molecule has 0 saturated carbocycles. The van der Waals surface area contributed by atoms with Crippen molar-refractivity contribution in [2.75, 3.05) is 50.6 Å². The molecule has 2 aromatic rings. The first-order chi connectivity index (χ1) is 14.5. The van der Waals surface area contributed by atoms with Crippen LogP contribution in [0.2, 0.25) is 0 Å². The van der Waals surface area contributed by atoms with Crippen LogP contribution in [-0.2, 0) is 20.2 Å². The first kappa shape index (κ1) is 23.1. The smallest absolute Gasteiger partial charge is 0.257 e. The van der Waals surface area contributed by atoms with Crippen LogP contribution < -0.4 is 10.2 Å². The minimum Gasteiger partial charge on any atom is -0.378 e. The average molecular weight is 448 g/mol. The lowest BCUT2D eigenvalue weighted by Crippen LogP contribution is -2.37. The summed E-state index contributed by atoms with van der Waals surface area (Å²) in [5.74, 6) is 0.239. The van der Waals surface area contributed by atoms with Crippen LogP contribution in [0.3, 0.4) is 0 Å². The van der Waals surface area contributed by atoms with E-state index in [9.17, 15) is 13.2 Å². The molecule has 2 heterocycles. The highest BCUT2D eigenvalue weighted by Gasteiger charge is 2.25. The number of benzene rings is 1. The normalized spacial score (nSPS) is 15.2. The number of sulfonamides is 1. The Labute approximate surface area is 183 Å². The Kier molecular flexibility index (Phi) is 6.63. The van der Waals surface area contributed by atoms with E-state index in [1.165, 1.54) is 26.2 Å². The van der Waals surface area contributed by atoms with Gasteiger partial charge in [-0.25, -0.2) is 22.7 Å². The van der Waals surface area contributed by atoms with Gasteiger partial charge in [0.05, 0.1) is 41.8 Å². The molecular weight excluding hydrogens is 418 g/mol. The zero-order chi connectivity index (χ0) is 22.8. The van der Waals surface area contributed by atoms with Gasteiger partial charge in [-0.3, -0.25) is 4.79 Å². The lowest BCUT2D eigenvalue weighted by molar-refractivity contribution is 0.102. The monoisotopic (exact) mass is 447 g/mol. The van der Waals surface area contributed by atoms with E-state index < -0.39 is 15.9 Å². The van der Waals surface area contributed by atoms with E-state index in [0.29, 0.717) is 43.5 Å². The van der Waals surface area contributed by atoms with Crippen LogP contribution in [0, 0.1) is 0 Å². The van der Waals surface area contributed by atoms with Crippen molar-refractivity contribution < 1.29 is 17.9 Å². The topological polar surface area (TPSA) is 105 Å². The number of nitrogens with one attached hydrogen (secondary N) is 1. The van der Waals surface area contributed by atoms with Crippen LogP contribution in [-0.4, -0.2) is 69.0 Å². The number of carbonyl (C=O) groups is 1. The van der Waals surface area contributed by atoms with Gasteiger partial charge in [0, 0.05) is 38.3 Å². The minimum absolute atomic E-state index is 0.0546. The average Bonchev–Trinajstić information content (AvgIpc) is 2.73. The molecule has 168 valence electrons. The van der Waals surface area contributed by atoms with Gasteiger partial charge >= 0.3 is 0 Å². The molecule has 1 amide bonds. The van der Waals surface area contributed by atoms with Gasteiger partial charge < -0.3 is 15.0 Å². The summed E-state index contributed by atoms with van der Waals surface area (Å²) in [5.41, 5.74) is 1.16. The molecule has 1 saturated heterocycles. The van der Waals surface area contributed by atoms with Crippen molar-refractivity contribution in [1.29, 1.82) is 0 Å². The maximum atomic E-state index is 13.2. The number of anilines is 2. The third-order valence-corrected chi connectivity index (χ3v) is 6.73. The van der Waals surface area contributed by atoms with Gasteiger partial charge in [0.25, 0.3) is 5.91 Å². The van der Waals surface area contributed by atoms with Crippen LogP contribution in [0.15, 0.2) is 35.5 Å². The maximum absolute atomic E-state index is 13.2. The quantitative estimate of drug-likeness (QED) is 0.748. The third-order valence-electron chi connectivity index (χ3n) is 4.92. The number of nitrogens with zero attached hydrogens (tertiary/aromatic N) is 4. The molecule has 10 heteroatoms. The van der Waals surface area contributed by atoms with E-state index in [1.807, 2.05) is 25.7 Å². The first-order valence-corrected chi connectivity index (χ1v) is 11.5. The number of rotatable bonds is 5. The molecule has 1 aliphatic heterocycles. The van der Waals surface area contributed by atoms with Gasteiger partial charge in [-0.2, -0.15) is 0 Å². The van der Waals surface area contributed by atoms with Crippen LogP contribution >= 0.6 is 0 Å². The van der Waals surface area contributed by atoms with Crippen molar-refractivity contribution in [3.63, 3.8) is 0 Å². The predicted molar refractivity (Wildman–Crippen MR) is 119 cm³/mol. The van der Waals surface area contributed by atoms with Crippen LogP contribution in [0.25, 0.3) is 0 Å². The number of ether oxygens (including phenoxy) is 1. The second-order valence-electron chi connectivity index (χ2n) is 8.57. The van der Waals surface area contributed by atoms with Gasteiger partial charge in [-0.15, -0.1) is 0 Å². The molecule has 0 aliphatic carbocycles. The van der Waals surface area contributed by atoms with E-state index in [0.717, 1.165) is 4.31 Å². The highest BCUT2D eigenvalue weighted by Crippen LogP contribution is 2.27. The molecule has 1 fully saturated rings. The Morgan fingerprint density at radius 2 is 1.74 bits per heavy atom. The van der Waals surface area contributed by atoms with Gasteiger partial charge in [0.2, 0.25) is 10.0 Å². The predicted octanol–water partition coefficient (Wildman–Crippen LogP) is 2.11. The summed E-state index contributed by atoms with van der Waals surface area (Å²) >= 11 is 0. The van der Waals surface area contributed by atoms with Crippen LogP contribution in [0.4, 0.5) is 11.4 Å². The zero-order valence-electron chi connectivity index (χ0n) is 18.5. The van der Waals surface area contributed by atoms with Crippen molar-refractivity contribution >= 4 is 27.3 Å². The fraction of sp³-hybridized carbons (Fsp3) is 0.476. The van der Waals surface area contributed by atoms with Gasteiger partial charge in [-0.1, -0.05) is 20.8 Å². The lowest BCUT2D eigenvalue weighted by Gasteiger charge is -2.30. The summed E-state index contributed by atoms with van der Waals surface area (Å²) in [5, 5.41) is 2.79. The summed E-state index contributed by atoms with van der Waals surface area (Å²) in [6, 6.07) is 4.62. The summed E-state index contributed by atoms with van der Waals surface area (Å²) < 4.78 is 31.8. The number of hydrogen-bond acceptors (Lipinski definition) is 7. The number of morpholine rings is 1. The molecule has 31 heavy (non-hydrogen) atoms. The highest BCUT2D eigenvalue weighted by molar-refractivity contribution is 7.89.